The molecule has 2 aromatic heterocycles. The van der Waals surface area contributed by atoms with Crippen LogP contribution in [0.3, 0.4) is 0 Å². The fraction of sp³-hybridized carbons (Fsp3) is 0.588. The molecule has 0 N–H and O–H groups in total. The first-order valence-corrected chi connectivity index (χ1v) is 8.40. The Balaban J connectivity index is 1.87. The minimum Gasteiger partial charge on any atom is -0.342 e. The topological polar surface area (TPSA) is 66.2 Å². The second-order valence-electron chi connectivity index (χ2n) is 7.58. The zero-order valence-electron chi connectivity index (χ0n) is 14.1. The summed E-state index contributed by atoms with van der Waals surface area (Å²) >= 11 is 6.17. The normalized spacial score (nSPS) is 37.7. The van der Waals surface area contributed by atoms with Gasteiger partial charge in [-0.25, -0.2) is 9.97 Å². The van der Waals surface area contributed by atoms with Crippen molar-refractivity contribution >= 4 is 28.9 Å². The lowest BCUT2D eigenvalue weighted by Gasteiger charge is -2.35. The van der Waals surface area contributed by atoms with Crippen LogP contribution >= 0.6 is 11.6 Å². The number of rotatable bonds is 2. The van der Waals surface area contributed by atoms with E-state index in [1.807, 2.05) is 44.5 Å². The Hall–Kier alpha value is -1.50. The Morgan fingerprint density at radius 3 is 2.79 bits per heavy atom. The van der Waals surface area contributed by atoms with Crippen LogP contribution in [0.25, 0.3) is 11.0 Å². The maximum atomic E-state index is 11.9. The number of hydrogen-bond acceptors (Lipinski definition) is 5. The fourth-order valence-electron chi connectivity index (χ4n) is 4.26. The van der Waals surface area contributed by atoms with Crippen molar-refractivity contribution in [1.82, 2.24) is 14.5 Å². The highest BCUT2D eigenvalue weighted by atomic mass is 35.5. The number of aldehydes is 1. The molecule has 128 valence electrons. The van der Waals surface area contributed by atoms with Crippen LogP contribution in [0.1, 0.15) is 40.2 Å². The lowest BCUT2D eigenvalue weighted by molar-refractivity contribution is -0.187. The lowest BCUT2D eigenvalue weighted by atomic mass is 9.78. The average molecular weight is 350 g/mol. The van der Waals surface area contributed by atoms with E-state index in [1.54, 1.807) is 0 Å². The molecule has 2 aromatic rings. The number of carbonyl (C=O) groups excluding carboxylic acids is 1. The minimum atomic E-state index is -0.738. The summed E-state index contributed by atoms with van der Waals surface area (Å²) in [5.41, 5.74) is -0.606. The SMILES string of the molecule is CC1(C)O[C@H]2[C@H](n3ccc4c(Cl)ncnc43)C[C@](C)(C=O)[C@@]2(C)O1. The number of carbonyl (C=O) groups is 1. The van der Waals surface area contributed by atoms with E-state index in [4.69, 9.17) is 21.1 Å². The molecule has 1 saturated heterocycles. The summed E-state index contributed by atoms with van der Waals surface area (Å²) in [5.74, 6) is -0.738. The fourth-order valence-corrected chi connectivity index (χ4v) is 4.45. The van der Waals surface area contributed by atoms with Crippen LogP contribution < -0.4 is 0 Å². The smallest absolute Gasteiger partial charge is 0.164 e. The summed E-state index contributed by atoms with van der Waals surface area (Å²) in [6, 6.07) is 1.82. The van der Waals surface area contributed by atoms with Gasteiger partial charge in [-0.15, -0.1) is 0 Å². The Bertz CT molecular complexity index is 836. The number of ether oxygens (including phenoxy) is 2. The number of halogens is 1. The summed E-state index contributed by atoms with van der Waals surface area (Å²) < 4.78 is 14.4. The van der Waals surface area contributed by atoms with Gasteiger partial charge in [0.2, 0.25) is 0 Å². The molecular weight excluding hydrogens is 330 g/mol. The summed E-state index contributed by atoms with van der Waals surface area (Å²) in [6.45, 7) is 7.66. The average Bonchev–Trinajstić information content (AvgIpc) is 3.10. The predicted octanol–water partition coefficient (Wildman–Crippen LogP) is 3.14. The Labute approximate surface area is 145 Å². The monoisotopic (exact) mass is 349 g/mol. The molecule has 0 aromatic carbocycles. The van der Waals surface area contributed by atoms with Crippen molar-refractivity contribution in [2.75, 3.05) is 0 Å². The maximum absolute atomic E-state index is 11.9. The molecule has 0 radical (unpaired) electrons. The van der Waals surface area contributed by atoms with Crippen molar-refractivity contribution in [2.45, 2.75) is 57.6 Å². The molecule has 0 spiro atoms. The van der Waals surface area contributed by atoms with E-state index in [-0.39, 0.29) is 12.1 Å². The van der Waals surface area contributed by atoms with Crippen molar-refractivity contribution in [3.05, 3.63) is 23.7 Å². The van der Waals surface area contributed by atoms with E-state index in [0.29, 0.717) is 11.6 Å². The number of aromatic nitrogens is 3. The van der Waals surface area contributed by atoms with Crippen LogP contribution in [0.5, 0.6) is 0 Å². The van der Waals surface area contributed by atoms with Crippen molar-refractivity contribution < 1.29 is 14.3 Å². The van der Waals surface area contributed by atoms with Crippen molar-refractivity contribution in [3.8, 4) is 0 Å². The van der Waals surface area contributed by atoms with Gasteiger partial charge in [-0.2, -0.15) is 0 Å². The molecule has 0 unspecified atom stereocenters. The zero-order valence-corrected chi connectivity index (χ0v) is 14.9. The molecule has 7 heteroatoms. The Morgan fingerprint density at radius 2 is 2.08 bits per heavy atom. The van der Waals surface area contributed by atoms with Crippen LogP contribution in [-0.4, -0.2) is 38.3 Å². The van der Waals surface area contributed by atoms with Crippen molar-refractivity contribution in [1.29, 1.82) is 0 Å². The van der Waals surface area contributed by atoms with Gasteiger partial charge in [0.1, 0.15) is 35.1 Å². The van der Waals surface area contributed by atoms with Gasteiger partial charge in [-0.1, -0.05) is 11.6 Å². The number of hydrogen-bond donors (Lipinski definition) is 0. The van der Waals surface area contributed by atoms with E-state index in [9.17, 15) is 4.79 Å². The first-order valence-electron chi connectivity index (χ1n) is 8.02. The first-order chi connectivity index (χ1) is 11.2. The van der Waals surface area contributed by atoms with Gasteiger partial charge < -0.3 is 18.8 Å². The van der Waals surface area contributed by atoms with Gasteiger partial charge in [0.15, 0.2) is 5.79 Å². The van der Waals surface area contributed by atoms with Gasteiger partial charge in [-0.3, -0.25) is 0 Å². The molecule has 2 aliphatic rings. The minimum absolute atomic E-state index is 0.0737. The van der Waals surface area contributed by atoms with Gasteiger partial charge in [-0.05, 0) is 40.2 Å². The molecule has 1 aliphatic heterocycles. The van der Waals surface area contributed by atoms with Gasteiger partial charge in [0.05, 0.1) is 16.8 Å². The maximum Gasteiger partial charge on any atom is 0.164 e. The summed E-state index contributed by atoms with van der Waals surface area (Å²) in [4.78, 5) is 20.3. The zero-order chi connectivity index (χ0) is 17.3. The largest absolute Gasteiger partial charge is 0.342 e. The van der Waals surface area contributed by atoms with Crippen molar-refractivity contribution in [2.24, 2.45) is 5.41 Å². The second kappa shape index (κ2) is 4.77. The predicted molar refractivity (Wildman–Crippen MR) is 88.8 cm³/mol. The van der Waals surface area contributed by atoms with E-state index in [1.165, 1.54) is 6.33 Å². The van der Waals surface area contributed by atoms with Gasteiger partial charge in [0.25, 0.3) is 0 Å². The molecule has 6 nitrogen and oxygen atoms in total. The first kappa shape index (κ1) is 16.0. The molecule has 2 fully saturated rings. The Kier molecular flexibility index (Phi) is 3.18. The molecule has 0 bridgehead atoms. The summed E-state index contributed by atoms with van der Waals surface area (Å²) in [5, 5.41) is 1.21. The third-order valence-electron chi connectivity index (χ3n) is 5.61. The molecule has 24 heavy (non-hydrogen) atoms. The van der Waals surface area contributed by atoms with E-state index in [0.717, 1.165) is 17.3 Å². The number of fused-ring (bicyclic) bond motifs is 2. The molecule has 4 atom stereocenters. The van der Waals surface area contributed by atoms with E-state index < -0.39 is 16.8 Å². The summed E-state index contributed by atoms with van der Waals surface area (Å²) in [6.07, 6.45) is 4.73. The quantitative estimate of drug-likeness (QED) is 0.615. The molecule has 1 saturated carbocycles. The molecule has 0 amide bonds. The molecule has 1 aliphatic carbocycles. The third kappa shape index (κ3) is 1.93. The lowest BCUT2D eigenvalue weighted by Crippen LogP contribution is -2.47. The van der Waals surface area contributed by atoms with Crippen LogP contribution in [-0.2, 0) is 14.3 Å². The molecular formula is C17H20ClN3O3. The standard InChI is InChI=1S/C17H20ClN3O3/c1-15(2)23-12-11(7-16(3,8-22)17(12,4)24-15)21-6-5-10-13(18)19-9-20-14(10)21/h5-6,8-9,11-12H,7H2,1-4H3/t11-,12+,16-,17+/m1/s1. The van der Waals surface area contributed by atoms with E-state index in [2.05, 4.69) is 9.97 Å². The van der Waals surface area contributed by atoms with Crippen LogP contribution in [0.15, 0.2) is 18.6 Å². The molecule has 4 rings (SSSR count). The summed E-state index contributed by atoms with van der Waals surface area (Å²) in [7, 11) is 0. The van der Waals surface area contributed by atoms with Crippen LogP contribution in [0.4, 0.5) is 0 Å². The highest BCUT2D eigenvalue weighted by molar-refractivity contribution is 6.33. The van der Waals surface area contributed by atoms with Crippen LogP contribution in [0.2, 0.25) is 5.15 Å². The highest BCUT2D eigenvalue weighted by Crippen LogP contribution is 2.59. The Morgan fingerprint density at radius 1 is 1.33 bits per heavy atom. The molecule has 3 heterocycles. The number of nitrogens with zero attached hydrogens (tertiary/aromatic N) is 3. The van der Waals surface area contributed by atoms with Gasteiger partial charge in [0, 0.05) is 6.20 Å². The third-order valence-corrected chi connectivity index (χ3v) is 5.91. The second-order valence-corrected chi connectivity index (χ2v) is 7.94. The van der Waals surface area contributed by atoms with Gasteiger partial charge >= 0.3 is 0 Å². The van der Waals surface area contributed by atoms with Crippen molar-refractivity contribution in [3.63, 3.8) is 0 Å². The van der Waals surface area contributed by atoms with Crippen LogP contribution in [0, 0.1) is 5.41 Å². The highest BCUT2D eigenvalue weighted by Gasteiger charge is 2.68. The van der Waals surface area contributed by atoms with E-state index >= 15 is 0 Å².